The Balaban J connectivity index is 3.73. The van der Waals surface area contributed by atoms with Crippen molar-refractivity contribution in [3.8, 4) is 5.75 Å². The van der Waals surface area contributed by atoms with E-state index in [9.17, 15) is 33.8 Å². The van der Waals surface area contributed by atoms with E-state index >= 15 is 0 Å². The minimum atomic E-state index is -4.50. The van der Waals surface area contributed by atoms with Gasteiger partial charge in [-0.1, -0.05) is 0 Å². The summed E-state index contributed by atoms with van der Waals surface area (Å²) < 4.78 is 22.0. The van der Waals surface area contributed by atoms with Crippen molar-refractivity contribution in [2.75, 3.05) is 0 Å². The van der Waals surface area contributed by atoms with Crippen molar-refractivity contribution < 1.29 is 23.4 Å². The predicted octanol–water partition coefficient (Wildman–Crippen LogP) is -0.144. The number of benzene rings is 1. The van der Waals surface area contributed by atoms with E-state index in [0.717, 1.165) is 0 Å². The summed E-state index contributed by atoms with van der Waals surface area (Å²) in [7, 11) is -4.50. The fraction of sp³-hybridized carbons (Fsp3) is 0. The molecule has 0 aliphatic rings. The third-order valence-electron chi connectivity index (χ3n) is 1.75. The van der Waals surface area contributed by atoms with E-state index in [1.807, 2.05) is 0 Å². The number of rotatable bonds is 3. The Kier molecular flexibility index (Phi) is 2.97. The molecule has 0 aromatic heterocycles. The van der Waals surface area contributed by atoms with E-state index in [4.69, 9.17) is 0 Å². The normalized spacial score (nSPS) is 11.1. The molecule has 3 N–H and O–H groups in total. The molecule has 0 spiro atoms. The van der Waals surface area contributed by atoms with Gasteiger partial charge in [0.05, 0.1) is 15.9 Å². The molecule has 0 amide bonds. The molecule has 1 aromatic carbocycles. The summed E-state index contributed by atoms with van der Waals surface area (Å²) in [6.07, 6.45) is 0. The van der Waals surface area contributed by atoms with E-state index in [2.05, 4.69) is 5.14 Å². The topological polar surface area (TPSA) is 167 Å². The van der Waals surface area contributed by atoms with Crippen LogP contribution in [0.25, 0.3) is 0 Å². The van der Waals surface area contributed by atoms with Crippen molar-refractivity contribution in [3.63, 3.8) is 0 Å². The maximum atomic E-state index is 11.0. The highest BCUT2D eigenvalue weighted by molar-refractivity contribution is 7.89. The van der Waals surface area contributed by atoms with Crippen LogP contribution in [0.4, 0.5) is 11.4 Å². The Morgan fingerprint density at radius 1 is 1.18 bits per heavy atom. The largest absolute Gasteiger partial charge is 0.501 e. The Labute approximate surface area is 93.6 Å². The average Bonchev–Trinajstić information content (AvgIpc) is 2.15. The van der Waals surface area contributed by atoms with Crippen LogP contribution in [0, 0.1) is 20.2 Å². The minimum Gasteiger partial charge on any atom is -0.501 e. The lowest BCUT2D eigenvalue weighted by Gasteiger charge is -2.02. The van der Waals surface area contributed by atoms with Crippen molar-refractivity contribution >= 4 is 21.4 Å². The van der Waals surface area contributed by atoms with Crippen LogP contribution in [0.1, 0.15) is 0 Å². The number of nitrogens with two attached hydrogens (primary N) is 1. The monoisotopic (exact) mass is 263 g/mol. The molecule has 0 fully saturated rings. The number of nitrogens with zero attached hydrogens (tertiary/aromatic N) is 2. The highest BCUT2D eigenvalue weighted by atomic mass is 32.2. The molecule has 0 radical (unpaired) electrons. The Bertz CT molecular complexity index is 608. The predicted molar refractivity (Wildman–Crippen MR) is 52.8 cm³/mol. The number of nitro benzene ring substituents is 2. The smallest absolute Gasteiger partial charge is 0.319 e. The Morgan fingerprint density at radius 2 is 1.71 bits per heavy atom. The van der Waals surface area contributed by atoms with E-state index in [1.165, 1.54) is 0 Å². The molecule has 0 heterocycles. The first kappa shape index (κ1) is 12.8. The average molecular weight is 263 g/mol. The highest BCUT2D eigenvalue weighted by Crippen LogP contribution is 2.36. The fourth-order valence-electron chi connectivity index (χ4n) is 1.04. The molecule has 0 aliphatic heterocycles. The first-order valence-electron chi connectivity index (χ1n) is 3.83. The zero-order valence-electron chi connectivity index (χ0n) is 7.93. The van der Waals surface area contributed by atoms with Crippen LogP contribution in [-0.4, -0.2) is 23.4 Å². The van der Waals surface area contributed by atoms with Gasteiger partial charge in [0.2, 0.25) is 15.8 Å². The van der Waals surface area contributed by atoms with Crippen molar-refractivity contribution in [2.45, 2.75) is 4.90 Å². The van der Waals surface area contributed by atoms with E-state index in [-0.39, 0.29) is 0 Å². The van der Waals surface area contributed by atoms with Gasteiger partial charge in [-0.15, -0.1) is 0 Å². The molecule has 0 saturated heterocycles. The summed E-state index contributed by atoms with van der Waals surface area (Å²) in [5.41, 5.74) is -1.97. The van der Waals surface area contributed by atoms with Gasteiger partial charge in [-0.3, -0.25) is 20.2 Å². The van der Waals surface area contributed by atoms with Gasteiger partial charge in [0.25, 0.3) is 5.69 Å². The first-order chi connectivity index (χ1) is 7.64. The van der Waals surface area contributed by atoms with Crippen molar-refractivity contribution in [1.29, 1.82) is 0 Å². The molecule has 11 heteroatoms. The first-order valence-corrected chi connectivity index (χ1v) is 5.38. The van der Waals surface area contributed by atoms with Crippen LogP contribution in [0.15, 0.2) is 17.0 Å². The van der Waals surface area contributed by atoms with Crippen LogP contribution in [-0.2, 0) is 10.0 Å². The molecule has 1 aromatic rings. The van der Waals surface area contributed by atoms with Gasteiger partial charge >= 0.3 is 5.69 Å². The quantitative estimate of drug-likeness (QED) is 0.564. The maximum absolute atomic E-state index is 11.0. The summed E-state index contributed by atoms with van der Waals surface area (Å²) in [6.45, 7) is 0. The molecule has 0 saturated carbocycles. The standard InChI is InChI=1S/C6H5N3O7S/c7-17(15,16)5-2-3(8(11)12)1-4(6(5)10)9(13)14/h1-2,10H,(H2,7,15,16). The Hall–Kier alpha value is -2.27. The van der Waals surface area contributed by atoms with Gasteiger partial charge in [0, 0.05) is 6.07 Å². The van der Waals surface area contributed by atoms with Crippen molar-refractivity contribution in [1.82, 2.24) is 0 Å². The molecule has 1 rings (SSSR count). The van der Waals surface area contributed by atoms with Gasteiger partial charge in [-0.25, -0.2) is 13.6 Å². The molecule has 0 atom stereocenters. The number of sulfonamides is 1. The van der Waals surface area contributed by atoms with E-state index in [0.29, 0.717) is 12.1 Å². The second-order valence-electron chi connectivity index (χ2n) is 2.87. The molecule has 17 heavy (non-hydrogen) atoms. The lowest BCUT2D eigenvalue weighted by Crippen LogP contribution is -2.13. The molecular weight excluding hydrogens is 258 g/mol. The van der Waals surface area contributed by atoms with Crippen LogP contribution in [0.5, 0.6) is 5.75 Å². The zero-order valence-corrected chi connectivity index (χ0v) is 8.75. The lowest BCUT2D eigenvalue weighted by atomic mass is 10.2. The van der Waals surface area contributed by atoms with Gasteiger partial charge in [-0.05, 0) is 0 Å². The SMILES string of the molecule is NS(=O)(=O)c1cc([N+](=O)[O-])cc([N+](=O)[O-])c1O. The number of hydrogen-bond donors (Lipinski definition) is 2. The maximum Gasteiger partial charge on any atom is 0.319 e. The number of non-ortho nitro benzene ring substituents is 1. The van der Waals surface area contributed by atoms with Crippen LogP contribution >= 0.6 is 0 Å². The van der Waals surface area contributed by atoms with Gasteiger partial charge in [-0.2, -0.15) is 0 Å². The second kappa shape index (κ2) is 3.95. The summed E-state index contributed by atoms with van der Waals surface area (Å²) in [4.78, 5) is 17.6. The third-order valence-corrected chi connectivity index (χ3v) is 2.68. The third kappa shape index (κ3) is 2.46. The number of phenolic OH excluding ortho intramolecular Hbond substituents is 1. The lowest BCUT2D eigenvalue weighted by molar-refractivity contribution is -0.395. The molecule has 92 valence electrons. The number of nitro groups is 2. The second-order valence-corrected chi connectivity index (χ2v) is 4.40. The molecular formula is C6H5N3O7S. The molecule has 0 aliphatic carbocycles. The number of aromatic hydroxyl groups is 1. The zero-order chi connectivity index (χ0) is 13.4. The van der Waals surface area contributed by atoms with Crippen molar-refractivity contribution in [3.05, 3.63) is 32.4 Å². The van der Waals surface area contributed by atoms with Gasteiger partial charge < -0.3 is 5.11 Å². The number of phenols is 1. The van der Waals surface area contributed by atoms with E-state index < -0.39 is 41.9 Å². The molecule has 0 bridgehead atoms. The molecule has 0 unspecified atom stereocenters. The van der Waals surface area contributed by atoms with Gasteiger partial charge in [0.15, 0.2) is 0 Å². The number of hydrogen-bond acceptors (Lipinski definition) is 7. The fourth-order valence-corrected chi connectivity index (χ4v) is 1.70. The summed E-state index contributed by atoms with van der Waals surface area (Å²) in [6, 6.07) is 0.877. The summed E-state index contributed by atoms with van der Waals surface area (Å²) >= 11 is 0. The summed E-state index contributed by atoms with van der Waals surface area (Å²) in [5.74, 6) is -1.23. The van der Waals surface area contributed by atoms with E-state index in [1.54, 1.807) is 0 Å². The van der Waals surface area contributed by atoms with Crippen LogP contribution in [0.3, 0.4) is 0 Å². The van der Waals surface area contributed by atoms with Crippen LogP contribution < -0.4 is 5.14 Å². The summed E-state index contributed by atoms with van der Waals surface area (Å²) in [5, 5.41) is 34.8. The molecule has 10 nitrogen and oxygen atoms in total. The minimum absolute atomic E-state index is 0.435. The highest BCUT2D eigenvalue weighted by Gasteiger charge is 2.28. The number of primary sulfonamides is 1. The Morgan fingerprint density at radius 3 is 2.06 bits per heavy atom. The van der Waals surface area contributed by atoms with Gasteiger partial charge in [0.1, 0.15) is 4.90 Å². The van der Waals surface area contributed by atoms with Crippen LogP contribution in [0.2, 0.25) is 0 Å². The van der Waals surface area contributed by atoms with Crippen molar-refractivity contribution in [2.24, 2.45) is 5.14 Å².